The molecule has 1 N–H and O–H groups in total. The number of amides is 3. The minimum atomic E-state index is -4.62. The number of nitrogens with one attached hydrogen (secondary N) is 1. The fourth-order valence-corrected chi connectivity index (χ4v) is 3.26. The first-order valence-electron chi connectivity index (χ1n) is 8.25. The molecule has 0 unspecified atom stereocenters. The van der Waals surface area contributed by atoms with E-state index in [2.05, 4.69) is 15.5 Å². The molecule has 3 amide bonds. The van der Waals surface area contributed by atoms with E-state index in [0.29, 0.717) is 25.1 Å². The third-order valence-corrected chi connectivity index (χ3v) is 4.93. The maximum Gasteiger partial charge on any atom is 0.445 e. The summed E-state index contributed by atoms with van der Waals surface area (Å²) in [7, 11) is 0. The summed E-state index contributed by atoms with van der Waals surface area (Å²) in [5.41, 5.74) is 0.341. The van der Waals surface area contributed by atoms with Crippen molar-refractivity contribution in [1.82, 2.24) is 20.0 Å². The van der Waals surface area contributed by atoms with Gasteiger partial charge in [0.2, 0.25) is 10.1 Å². The van der Waals surface area contributed by atoms with Crippen LogP contribution in [-0.2, 0) is 6.18 Å². The Kier molecular flexibility index (Phi) is 5.77. The van der Waals surface area contributed by atoms with Crippen LogP contribution in [0.3, 0.4) is 0 Å². The Morgan fingerprint density at radius 3 is 2.29 bits per heavy atom. The van der Waals surface area contributed by atoms with Crippen molar-refractivity contribution in [3.05, 3.63) is 40.7 Å². The summed E-state index contributed by atoms with van der Waals surface area (Å²) in [5, 5.41) is 7.24. The number of carbonyl (C=O) groups is 2. The number of aromatic nitrogens is 2. The molecule has 150 valence electrons. The van der Waals surface area contributed by atoms with Gasteiger partial charge in [-0.3, -0.25) is 10.1 Å². The highest BCUT2D eigenvalue weighted by Gasteiger charge is 2.36. The fraction of sp³-hybridized carbons (Fsp3) is 0.375. The Bertz CT molecular complexity index is 855. The van der Waals surface area contributed by atoms with Gasteiger partial charge in [-0.05, 0) is 30.7 Å². The summed E-state index contributed by atoms with van der Waals surface area (Å²) in [4.78, 5) is 27.7. The Hall–Kier alpha value is -2.76. The molecule has 0 saturated carbocycles. The number of hydrogen-bond donors (Lipinski definition) is 1. The van der Waals surface area contributed by atoms with Crippen molar-refractivity contribution in [3.8, 4) is 0 Å². The zero-order valence-corrected chi connectivity index (χ0v) is 15.2. The molecule has 0 aliphatic carbocycles. The van der Waals surface area contributed by atoms with E-state index in [4.69, 9.17) is 0 Å². The SMILES string of the molecule is O=C(Nc1nnc(C(F)(F)F)s1)N1CCCN(C(=O)c2ccc(F)cc2)CC1. The van der Waals surface area contributed by atoms with Crippen LogP contribution in [0, 0.1) is 5.82 Å². The minimum absolute atomic E-state index is 0.198. The van der Waals surface area contributed by atoms with E-state index >= 15 is 0 Å². The molecule has 0 spiro atoms. The molecule has 1 aromatic carbocycles. The van der Waals surface area contributed by atoms with E-state index in [9.17, 15) is 27.2 Å². The fourth-order valence-electron chi connectivity index (χ4n) is 2.66. The quantitative estimate of drug-likeness (QED) is 0.762. The largest absolute Gasteiger partial charge is 0.445 e. The summed E-state index contributed by atoms with van der Waals surface area (Å²) >= 11 is 0.240. The van der Waals surface area contributed by atoms with Gasteiger partial charge in [0.25, 0.3) is 5.91 Å². The molecule has 2 aromatic rings. The van der Waals surface area contributed by atoms with Gasteiger partial charge in [-0.1, -0.05) is 11.3 Å². The van der Waals surface area contributed by atoms with Crippen LogP contribution >= 0.6 is 11.3 Å². The Morgan fingerprint density at radius 2 is 1.64 bits per heavy atom. The van der Waals surface area contributed by atoms with E-state index in [0.717, 1.165) is 0 Å². The van der Waals surface area contributed by atoms with Crippen LogP contribution in [0.25, 0.3) is 0 Å². The van der Waals surface area contributed by atoms with Crippen LogP contribution in [0.2, 0.25) is 0 Å². The minimum Gasteiger partial charge on any atom is -0.337 e. The number of hydrogen-bond acceptors (Lipinski definition) is 5. The highest BCUT2D eigenvalue weighted by molar-refractivity contribution is 7.15. The smallest absolute Gasteiger partial charge is 0.337 e. The molecule has 2 heterocycles. The molecule has 28 heavy (non-hydrogen) atoms. The van der Waals surface area contributed by atoms with Crippen LogP contribution in [0.15, 0.2) is 24.3 Å². The molecule has 12 heteroatoms. The summed E-state index contributed by atoms with van der Waals surface area (Å²) < 4.78 is 50.7. The summed E-state index contributed by atoms with van der Waals surface area (Å²) in [6.07, 6.45) is -4.13. The predicted octanol–water partition coefficient (Wildman–Crippen LogP) is 3.08. The van der Waals surface area contributed by atoms with E-state index in [1.807, 2.05) is 0 Å². The molecule has 1 aliphatic rings. The van der Waals surface area contributed by atoms with Crippen LogP contribution in [0.5, 0.6) is 0 Å². The second-order valence-electron chi connectivity index (χ2n) is 5.98. The normalized spacial score (nSPS) is 15.3. The lowest BCUT2D eigenvalue weighted by Crippen LogP contribution is -2.39. The molecule has 1 aliphatic heterocycles. The van der Waals surface area contributed by atoms with E-state index in [1.54, 1.807) is 4.90 Å². The van der Waals surface area contributed by atoms with Crippen molar-refractivity contribution in [1.29, 1.82) is 0 Å². The van der Waals surface area contributed by atoms with Crippen molar-refractivity contribution >= 4 is 28.4 Å². The number of alkyl halides is 3. The maximum absolute atomic E-state index is 13.0. The zero-order chi connectivity index (χ0) is 20.3. The van der Waals surface area contributed by atoms with Crippen LogP contribution in [0.1, 0.15) is 21.8 Å². The second kappa shape index (κ2) is 8.09. The first-order chi connectivity index (χ1) is 13.2. The first-order valence-corrected chi connectivity index (χ1v) is 9.07. The molecule has 3 rings (SSSR count). The third-order valence-electron chi connectivity index (χ3n) is 4.04. The first kappa shape index (κ1) is 20.0. The van der Waals surface area contributed by atoms with Gasteiger partial charge in [0.15, 0.2) is 0 Å². The highest BCUT2D eigenvalue weighted by Crippen LogP contribution is 2.33. The lowest BCUT2D eigenvalue weighted by Gasteiger charge is -2.22. The standard InChI is InChI=1S/C16H15F4N5O2S/c17-11-4-2-10(3-5-11)12(26)24-6-1-7-25(9-8-24)15(27)21-14-23-22-13(28-14)16(18,19)20/h2-5H,1,6-9H2,(H,21,23,27). The lowest BCUT2D eigenvalue weighted by atomic mass is 10.2. The number of benzene rings is 1. The summed E-state index contributed by atoms with van der Waals surface area (Å²) in [6.45, 7) is 1.16. The molecule has 0 radical (unpaired) electrons. The molecule has 7 nitrogen and oxygen atoms in total. The average Bonchev–Trinajstić information content (AvgIpc) is 2.98. The lowest BCUT2D eigenvalue weighted by molar-refractivity contribution is -0.138. The van der Waals surface area contributed by atoms with Gasteiger partial charge in [-0.25, -0.2) is 9.18 Å². The van der Waals surface area contributed by atoms with Crippen LogP contribution in [-0.4, -0.2) is 58.1 Å². The van der Waals surface area contributed by atoms with Gasteiger partial charge in [0.1, 0.15) is 5.82 Å². The molecule has 1 fully saturated rings. The molecule has 1 saturated heterocycles. The van der Waals surface area contributed by atoms with Crippen molar-refractivity contribution in [3.63, 3.8) is 0 Å². The monoisotopic (exact) mass is 417 g/mol. The highest BCUT2D eigenvalue weighted by atomic mass is 32.1. The third kappa shape index (κ3) is 4.74. The predicted molar refractivity (Wildman–Crippen MR) is 92.4 cm³/mol. The van der Waals surface area contributed by atoms with Gasteiger partial charge in [0.05, 0.1) is 0 Å². The summed E-state index contributed by atoms with van der Waals surface area (Å²) in [6, 6.07) is 4.56. The van der Waals surface area contributed by atoms with Gasteiger partial charge in [-0.2, -0.15) is 13.2 Å². The van der Waals surface area contributed by atoms with Gasteiger partial charge < -0.3 is 9.80 Å². The van der Waals surface area contributed by atoms with Gasteiger partial charge in [0, 0.05) is 31.7 Å². The Labute approximate surface area is 161 Å². The van der Waals surface area contributed by atoms with Crippen molar-refractivity contribution in [2.75, 3.05) is 31.5 Å². The molecular formula is C16H15F4N5O2S. The molecule has 1 aromatic heterocycles. The van der Waals surface area contributed by atoms with E-state index < -0.39 is 23.0 Å². The number of anilines is 1. The Morgan fingerprint density at radius 1 is 1.00 bits per heavy atom. The van der Waals surface area contributed by atoms with Crippen molar-refractivity contribution in [2.45, 2.75) is 12.6 Å². The van der Waals surface area contributed by atoms with E-state index in [1.165, 1.54) is 29.2 Å². The van der Waals surface area contributed by atoms with E-state index in [-0.39, 0.29) is 35.5 Å². The topological polar surface area (TPSA) is 78.4 Å². The van der Waals surface area contributed by atoms with Crippen molar-refractivity contribution in [2.24, 2.45) is 0 Å². The number of nitrogens with zero attached hydrogens (tertiary/aromatic N) is 4. The molecule has 0 atom stereocenters. The van der Waals surface area contributed by atoms with Crippen LogP contribution < -0.4 is 5.32 Å². The second-order valence-corrected chi connectivity index (χ2v) is 6.96. The zero-order valence-electron chi connectivity index (χ0n) is 14.4. The number of rotatable bonds is 2. The number of carbonyl (C=O) groups excluding carboxylic acids is 2. The molecular weight excluding hydrogens is 402 g/mol. The van der Waals surface area contributed by atoms with Crippen LogP contribution in [0.4, 0.5) is 27.5 Å². The maximum atomic E-state index is 13.0. The van der Waals surface area contributed by atoms with Crippen molar-refractivity contribution < 1.29 is 27.2 Å². The molecule has 0 bridgehead atoms. The van der Waals surface area contributed by atoms with Gasteiger partial charge in [-0.15, -0.1) is 10.2 Å². The average molecular weight is 417 g/mol. The number of halogens is 4. The van der Waals surface area contributed by atoms with Gasteiger partial charge >= 0.3 is 12.2 Å². The number of urea groups is 1. The summed E-state index contributed by atoms with van der Waals surface area (Å²) in [5.74, 6) is -0.721. The Balaban J connectivity index is 1.58.